The Morgan fingerprint density at radius 3 is 2.84 bits per heavy atom. The zero-order chi connectivity index (χ0) is 13.3. The standard InChI is InChI=1S/C15H23NO3/c1-17-8-5-16-6-9-18-7-4-13-2-3-14-11-19-12-15(14)10-13/h2-3,10,16H,4-9,11-12H2,1H3. The van der Waals surface area contributed by atoms with Crippen LogP contribution in [0.1, 0.15) is 16.7 Å². The molecule has 0 aromatic heterocycles. The molecular formula is C15H23NO3. The summed E-state index contributed by atoms with van der Waals surface area (Å²) in [6.45, 7) is 5.54. The van der Waals surface area contributed by atoms with Gasteiger partial charge in [0.2, 0.25) is 0 Å². The van der Waals surface area contributed by atoms with Crippen molar-refractivity contribution >= 4 is 0 Å². The van der Waals surface area contributed by atoms with Crippen molar-refractivity contribution in [1.29, 1.82) is 0 Å². The van der Waals surface area contributed by atoms with Crippen molar-refractivity contribution < 1.29 is 14.2 Å². The maximum Gasteiger partial charge on any atom is 0.0725 e. The van der Waals surface area contributed by atoms with Crippen LogP contribution in [0.4, 0.5) is 0 Å². The fraction of sp³-hybridized carbons (Fsp3) is 0.600. The van der Waals surface area contributed by atoms with Gasteiger partial charge in [-0.1, -0.05) is 18.2 Å². The number of hydrogen-bond acceptors (Lipinski definition) is 4. The Morgan fingerprint density at radius 1 is 1.11 bits per heavy atom. The fourth-order valence-corrected chi connectivity index (χ4v) is 2.12. The Kier molecular flexibility index (Phi) is 6.30. The van der Waals surface area contributed by atoms with Crippen molar-refractivity contribution in [2.45, 2.75) is 19.6 Å². The topological polar surface area (TPSA) is 39.7 Å². The van der Waals surface area contributed by atoms with Gasteiger partial charge in [0.1, 0.15) is 0 Å². The molecule has 2 rings (SSSR count). The number of benzene rings is 1. The minimum Gasteiger partial charge on any atom is -0.383 e. The van der Waals surface area contributed by atoms with E-state index in [9.17, 15) is 0 Å². The van der Waals surface area contributed by atoms with Gasteiger partial charge in [0.25, 0.3) is 0 Å². The van der Waals surface area contributed by atoms with Gasteiger partial charge in [-0.15, -0.1) is 0 Å². The molecule has 1 heterocycles. The fourth-order valence-electron chi connectivity index (χ4n) is 2.12. The minimum atomic E-state index is 0.747. The summed E-state index contributed by atoms with van der Waals surface area (Å²) < 4.78 is 16.0. The van der Waals surface area contributed by atoms with Crippen LogP contribution in [0, 0.1) is 0 Å². The molecule has 1 aliphatic heterocycles. The number of rotatable bonds is 9. The first-order valence-electron chi connectivity index (χ1n) is 6.86. The summed E-state index contributed by atoms with van der Waals surface area (Å²) in [5.41, 5.74) is 3.99. The maximum absolute atomic E-state index is 5.60. The van der Waals surface area contributed by atoms with Gasteiger partial charge < -0.3 is 19.5 Å². The summed E-state index contributed by atoms with van der Waals surface area (Å²) in [6.07, 6.45) is 0.964. The highest BCUT2D eigenvalue weighted by Crippen LogP contribution is 2.20. The number of ether oxygens (including phenoxy) is 3. The van der Waals surface area contributed by atoms with E-state index >= 15 is 0 Å². The van der Waals surface area contributed by atoms with Crippen molar-refractivity contribution in [2.75, 3.05) is 40.0 Å². The van der Waals surface area contributed by atoms with Crippen LogP contribution in [-0.2, 0) is 33.8 Å². The van der Waals surface area contributed by atoms with Gasteiger partial charge in [-0.2, -0.15) is 0 Å². The van der Waals surface area contributed by atoms with E-state index in [1.54, 1.807) is 7.11 Å². The lowest BCUT2D eigenvalue weighted by atomic mass is 10.0. The zero-order valence-electron chi connectivity index (χ0n) is 11.6. The highest BCUT2D eigenvalue weighted by molar-refractivity contribution is 5.33. The summed E-state index contributed by atoms with van der Waals surface area (Å²) in [4.78, 5) is 0. The molecule has 0 amide bonds. The van der Waals surface area contributed by atoms with Crippen molar-refractivity contribution in [1.82, 2.24) is 5.32 Å². The van der Waals surface area contributed by atoms with Crippen LogP contribution in [0.25, 0.3) is 0 Å². The van der Waals surface area contributed by atoms with Gasteiger partial charge in [-0.3, -0.25) is 0 Å². The van der Waals surface area contributed by atoms with Gasteiger partial charge in [0, 0.05) is 20.2 Å². The van der Waals surface area contributed by atoms with E-state index in [2.05, 4.69) is 23.5 Å². The highest BCUT2D eigenvalue weighted by Gasteiger charge is 2.10. The van der Waals surface area contributed by atoms with Crippen LogP contribution in [0.15, 0.2) is 18.2 Å². The molecule has 0 aliphatic carbocycles. The average Bonchev–Trinajstić information content (AvgIpc) is 2.89. The Hall–Kier alpha value is -0.940. The lowest BCUT2D eigenvalue weighted by Gasteiger charge is -2.07. The molecule has 0 fully saturated rings. The third kappa shape index (κ3) is 4.91. The highest BCUT2D eigenvalue weighted by atomic mass is 16.5. The van der Waals surface area contributed by atoms with Gasteiger partial charge in [0.15, 0.2) is 0 Å². The molecular weight excluding hydrogens is 242 g/mol. The first-order chi connectivity index (χ1) is 9.40. The minimum absolute atomic E-state index is 0.747. The van der Waals surface area contributed by atoms with E-state index in [0.717, 1.165) is 52.5 Å². The number of nitrogens with one attached hydrogen (secondary N) is 1. The number of methoxy groups -OCH3 is 1. The van der Waals surface area contributed by atoms with E-state index in [1.165, 1.54) is 16.7 Å². The smallest absolute Gasteiger partial charge is 0.0725 e. The quantitative estimate of drug-likeness (QED) is 0.687. The number of fused-ring (bicyclic) bond motifs is 1. The zero-order valence-corrected chi connectivity index (χ0v) is 11.6. The van der Waals surface area contributed by atoms with Gasteiger partial charge in [0.05, 0.1) is 33.0 Å². The van der Waals surface area contributed by atoms with Crippen molar-refractivity contribution in [3.05, 3.63) is 34.9 Å². The largest absolute Gasteiger partial charge is 0.383 e. The second kappa shape index (κ2) is 8.27. The van der Waals surface area contributed by atoms with Gasteiger partial charge in [-0.25, -0.2) is 0 Å². The van der Waals surface area contributed by atoms with Crippen molar-refractivity contribution in [2.24, 2.45) is 0 Å². The summed E-state index contributed by atoms with van der Waals surface area (Å²) in [7, 11) is 1.71. The Morgan fingerprint density at radius 2 is 1.95 bits per heavy atom. The molecule has 1 aromatic rings. The third-order valence-electron chi connectivity index (χ3n) is 3.23. The molecule has 0 saturated heterocycles. The predicted octanol–water partition coefficient (Wildman–Crippen LogP) is 1.51. The molecule has 0 bridgehead atoms. The molecule has 1 N–H and O–H groups in total. The van der Waals surface area contributed by atoms with E-state index < -0.39 is 0 Å². The SMILES string of the molecule is COCCNCCOCCc1ccc2c(c1)COC2. The second-order valence-corrected chi connectivity index (χ2v) is 4.70. The first-order valence-corrected chi connectivity index (χ1v) is 6.86. The first kappa shape index (κ1) is 14.5. The van der Waals surface area contributed by atoms with Crippen molar-refractivity contribution in [3.63, 3.8) is 0 Å². The lowest BCUT2D eigenvalue weighted by molar-refractivity contribution is 0.134. The Bertz CT molecular complexity index is 382. The van der Waals surface area contributed by atoms with Gasteiger partial charge >= 0.3 is 0 Å². The monoisotopic (exact) mass is 265 g/mol. The van der Waals surface area contributed by atoms with E-state index in [4.69, 9.17) is 14.2 Å². The van der Waals surface area contributed by atoms with Crippen LogP contribution >= 0.6 is 0 Å². The maximum atomic E-state index is 5.60. The van der Waals surface area contributed by atoms with Crippen LogP contribution in [0.2, 0.25) is 0 Å². The Balaban J connectivity index is 1.56. The molecule has 0 unspecified atom stereocenters. The van der Waals surface area contributed by atoms with Crippen LogP contribution < -0.4 is 5.32 Å². The molecule has 106 valence electrons. The summed E-state index contributed by atoms with van der Waals surface area (Å²) >= 11 is 0. The van der Waals surface area contributed by atoms with Crippen LogP contribution in [-0.4, -0.2) is 40.0 Å². The second-order valence-electron chi connectivity index (χ2n) is 4.70. The summed E-state index contributed by atoms with van der Waals surface area (Å²) in [5.74, 6) is 0. The predicted molar refractivity (Wildman–Crippen MR) is 74.2 cm³/mol. The molecule has 4 nitrogen and oxygen atoms in total. The van der Waals surface area contributed by atoms with Crippen LogP contribution in [0.3, 0.4) is 0 Å². The van der Waals surface area contributed by atoms with E-state index in [1.807, 2.05) is 0 Å². The molecule has 1 aromatic carbocycles. The van der Waals surface area contributed by atoms with Crippen molar-refractivity contribution in [3.8, 4) is 0 Å². The molecule has 0 atom stereocenters. The Labute approximate surface area is 115 Å². The molecule has 0 radical (unpaired) electrons. The molecule has 0 spiro atoms. The lowest BCUT2D eigenvalue weighted by Crippen LogP contribution is -2.23. The normalized spacial score (nSPS) is 13.7. The van der Waals surface area contributed by atoms with Gasteiger partial charge in [-0.05, 0) is 23.1 Å². The van der Waals surface area contributed by atoms with E-state index in [-0.39, 0.29) is 0 Å². The third-order valence-corrected chi connectivity index (χ3v) is 3.23. The summed E-state index contributed by atoms with van der Waals surface area (Å²) in [6, 6.07) is 6.58. The number of hydrogen-bond donors (Lipinski definition) is 1. The molecule has 19 heavy (non-hydrogen) atoms. The molecule has 1 aliphatic rings. The van der Waals surface area contributed by atoms with Crippen LogP contribution in [0.5, 0.6) is 0 Å². The average molecular weight is 265 g/mol. The molecule has 4 heteroatoms. The van der Waals surface area contributed by atoms with E-state index in [0.29, 0.717) is 0 Å². The summed E-state index contributed by atoms with van der Waals surface area (Å²) in [5, 5.41) is 3.25. The molecule has 0 saturated carbocycles.